The highest BCUT2D eigenvalue weighted by Gasteiger charge is 2.04. The Bertz CT molecular complexity index is 371. The van der Waals surface area contributed by atoms with Crippen LogP contribution in [0.1, 0.15) is 6.92 Å². The van der Waals surface area contributed by atoms with E-state index >= 15 is 0 Å². The lowest BCUT2D eigenvalue weighted by Gasteiger charge is -2.10. The number of aliphatic hydroxyl groups excluding tert-OH is 1. The molecule has 0 fully saturated rings. The van der Waals surface area contributed by atoms with E-state index in [2.05, 4.69) is 26.6 Å². The van der Waals surface area contributed by atoms with Crippen LogP contribution in [0.5, 0.6) is 0 Å². The number of amides is 1. The van der Waals surface area contributed by atoms with Crippen LogP contribution >= 0.6 is 15.9 Å². The summed E-state index contributed by atoms with van der Waals surface area (Å²) in [5.41, 5.74) is 0.765. The zero-order chi connectivity index (χ0) is 12.7. The van der Waals surface area contributed by atoms with E-state index in [1.54, 1.807) is 0 Å². The van der Waals surface area contributed by atoms with Crippen molar-refractivity contribution in [2.75, 3.05) is 25.0 Å². The van der Waals surface area contributed by atoms with Crippen LogP contribution in [0.3, 0.4) is 0 Å². The second kappa shape index (κ2) is 7.42. The maximum absolute atomic E-state index is 11.5. The predicted octanol–water partition coefficient (Wildman–Crippen LogP) is 1.61. The molecule has 94 valence electrons. The molecular weight excluding hydrogens is 284 g/mol. The average Bonchev–Trinajstić information content (AvgIpc) is 2.28. The molecule has 17 heavy (non-hydrogen) atoms. The maximum Gasteiger partial charge on any atom is 0.238 e. The summed E-state index contributed by atoms with van der Waals surface area (Å²) in [5.74, 6) is 0.0712. The SMILES string of the molecule is CC(CO)CNCC(=O)Nc1cccc(Br)c1. The number of hydrogen-bond acceptors (Lipinski definition) is 3. The van der Waals surface area contributed by atoms with E-state index in [-0.39, 0.29) is 25.0 Å². The van der Waals surface area contributed by atoms with Gasteiger partial charge in [0, 0.05) is 23.3 Å². The van der Waals surface area contributed by atoms with Crippen LogP contribution in [0.15, 0.2) is 28.7 Å². The minimum absolute atomic E-state index is 0.0896. The first-order chi connectivity index (χ1) is 8.11. The van der Waals surface area contributed by atoms with Gasteiger partial charge in [0.2, 0.25) is 5.91 Å². The normalized spacial score (nSPS) is 12.2. The standard InChI is InChI=1S/C12H17BrN2O2/c1-9(8-16)6-14-7-12(17)15-11-4-2-3-10(13)5-11/h2-5,9,14,16H,6-8H2,1H3,(H,15,17). The Kier molecular flexibility index (Phi) is 6.18. The highest BCUT2D eigenvalue weighted by atomic mass is 79.9. The van der Waals surface area contributed by atoms with Gasteiger partial charge in [-0.25, -0.2) is 0 Å². The highest BCUT2D eigenvalue weighted by Crippen LogP contribution is 2.15. The van der Waals surface area contributed by atoms with Gasteiger partial charge in [-0.1, -0.05) is 28.9 Å². The van der Waals surface area contributed by atoms with Gasteiger partial charge in [0.05, 0.1) is 6.54 Å². The molecule has 1 atom stereocenters. The summed E-state index contributed by atoms with van der Waals surface area (Å²) in [6, 6.07) is 7.44. The summed E-state index contributed by atoms with van der Waals surface area (Å²) in [5, 5.41) is 14.6. The fourth-order valence-electron chi connectivity index (χ4n) is 1.27. The minimum atomic E-state index is -0.0896. The van der Waals surface area contributed by atoms with Gasteiger partial charge in [0.25, 0.3) is 0 Å². The van der Waals surface area contributed by atoms with Gasteiger partial charge >= 0.3 is 0 Å². The topological polar surface area (TPSA) is 61.4 Å². The molecule has 4 nitrogen and oxygen atoms in total. The summed E-state index contributed by atoms with van der Waals surface area (Å²) >= 11 is 3.34. The molecule has 1 unspecified atom stereocenters. The Morgan fingerprint density at radius 3 is 2.94 bits per heavy atom. The lowest BCUT2D eigenvalue weighted by atomic mass is 10.2. The van der Waals surface area contributed by atoms with E-state index in [4.69, 9.17) is 5.11 Å². The molecule has 0 bridgehead atoms. The molecule has 3 N–H and O–H groups in total. The third-order valence-electron chi connectivity index (χ3n) is 2.20. The summed E-state index contributed by atoms with van der Waals surface area (Å²) in [6.07, 6.45) is 0. The van der Waals surface area contributed by atoms with Crippen molar-refractivity contribution in [1.82, 2.24) is 5.32 Å². The van der Waals surface area contributed by atoms with E-state index in [1.807, 2.05) is 31.2 Å². The molecule has 1 aromatic carbocycles. The molecule has 1 aromatic rings. The molecular formula is C12H17BrN2O2. The summed E-state index contributed by atoms with van der Waals surface area (Å²) < 4.78 is 0.928. The quantitative estimate of drug-likeness (QED) is 0.748. The molecule has 1 rings (SSSR count). The van der Waals surface area contributed by atoms with Crippen molar-refractivity contribution in [3.05, 3.63) is 28.7 Å². The van der Waals surface area contributed by atoms with E-state index in [1.165, 1.54) is 0 Å². The third kappa shape index (κ3) is 5.81. The number of benzene rings is 1. The van der Waals surface area contributed by atoms with Gasteiger partial charge in [-0.2, -0.15) is 0 Å². The molecule has 0 aromatic heterocycles. The first-order valence-electron chi connectivity index (χ1n) is 5.49. The van der Waals surface area contributed by atoms with Crippen LogP contribution in [-0.4, -0.2) is 30.7 Å². The fourth-order valence-corrected chi connectivity index (χ4v) is 1.67. The van der Waals surface area contributed by atoms with Gasteiger partial charge in [0.1, 0.15) is 0 Å². The summed E-state index contributed by atoms with van der Waals surface area (Å²) in [7, 11) is 0. The largest absolute Gasteiger partial charge is 0.396 e. The van der Waals surface area contributed by atoms with Gasteiger partial charge in [-0.05, 0) is 24.1 Å². The summed E-state index contributed by atoms with van der Waals surface area (Å²) in [4.78, 5) is 11.5. The number of hydrogen-bond donors (Lipinski definition) is 3. The number of halogens is 1. The molecule has 0 spiro atoms. The number of aliphatic hydroxyl groups is 1. The average molecular weight is 301 g/mol. The van der Waals surface area contributed by atoms with Gasteiger partial charge in [0.15, 0.2) is 0 Å². The molecule has 0 radical (unpaired) electrons. The van der Waals surface area contributed by atoms with Crippen LogP contribution in [0.25, 0.3) is 0 Å². The first kappa shape index (κ1) is 14.2. The monoisotopic (exact) mass is 300 g/mol. The molecule has 1 amide bonds. The first-order valence-corrected chi connectivity index (χ1v) is 6.28. The number of rotatable bonds is 6. The highest BCUT2D eigenvalue weighted by molar-refractivity contribution is 9.10. The zero-order valence-electron chi connectivity index (χ0n) is 9.74. The molecule has 0 heterocycles. The Hall–Kier alpha value is -0.910. The zero-order valence-corrected chi connectivity index (χ0v) is 11.3. The fraction of sp³-hybridized carbons (Fsp3) is 0.417. The Morgan fingerprint density at radius 1 is 1.53 bits per heavy atom. The van der Waals surface area contributed by atoms with Crippen LogP contribution in [0.2, 0.25) is 0 Å². The van der Waals surface area contributed by atoms with E-state index < -0.39 is 0 Å². The van der Waals surface area contributed by atoms with Crippen LogP contribution in [0, 0.1) is 5.92 Å². The van der Waals surface area contributed by atoms with Crippen LogP contribution in [-0.2, 0) is 4.79 Å². The smallest absolute Gasteiger partial charge is 0.238 e. The van der Waals surface area contributed by atoms with Crippen molar-refractivity contribution >= 4 is 27.5 Å². The van der Waals surface area contributed by atoms with E-state index in [0.29, 0.717) is 6.54 Å². The maximum atomic E-state index is 11.5. The lowest BCUT2D eigenvalue weighted by molar-refractivity contribution is -0.115. The molecule has 0 aliphatic heterocycles. The Balaban J connectivity index is 2.30. The molecule has 0 aliphatic carbocycles. The van der Waals surface area contributed by atoms with E-state index in [9.17, 15) is 4.79 Å². The number of carbonyl (C=O) groups is 1. The van der Waals surface area contributed by atoms with Crippen LogP contribution < -0.4 is 10.6 Å². The molecule has 5 heteroatoms. The summed E-state index contributed by atoms with van der Waals surface area (Å²) in [6.45, 7) is 2.92. The Morgan fingerprint density at radius 2 is 2.29 bits per heavy atom. The second-order valence-electron chi connectivity index (χ2n) is 3.98. The molecule has 0 saturated carbocycles. The molecule has 0 aliphatic rings. The van der Waals surface area contributed by atoms with Crippen molar-refractivity contribution in [2.45, 2.75) is 6.92 Å². The van der Waals surface area contributed by atoms with Gasteiger partial charge < -0.3 is 15.7 Å². The van der Waals surface area contributed by atoms with Crippen molar-refractivity contribution in [3.63, 3.8) is 0 Å². The van der Waals surface area contributed by atoms with Gasteiger partial charge in [-0.15, -0.1) is 0 Å². The lowest BCUT2D eigenvalue weighted by Crippen LogP contribution is -2.31. The van der Waals surface area contributed by atoms with Crippen molar-refractivity contribution < 1.29 is 9.90 Å². The number of anilines is 1. The number of carbonyl (C=O) groups excluding carboxylic acids is 1. The minimum Gasteiger partial charge on any atom is -0.396 e. The molecule has 0 saturated heterocycles. The second-order valence-corrected chi connectivity index (χ2v) is 4.89. The Labute approximate surface area is 110 Å². The van der Waals surface area contributed by atoms with Gasteiger partial charge in [-0.3, -0.25) is 4.79 Å². The van der Waals surface area contributed by atoms with Crippen molar-refractivity contribution in [1.29, 1.82) is 0 Å². The van der Waals surface area contributed by atoms with Crippen molar-refractivity contribution in [3.8, 4) is 0 Å². The van der Waals surface area contributed by atoms with E-state index in [0.717, 1.165) is 10.2 Å². The number of nitrogens with one attached hydrogen (secondary N) is 2. The third-order valence-corrected chi connectivity index (χ3v) is 2.69. The van der Waals surface area contributed by atoms with Crippen LogP contribution in [0.4, 0.5) is 5.69 Å². The predicted molar refractivity (Wildman–Crippen MR) is 71.9 cm³/mol. The van der Waals surface area contributed by atoms with Crippen molar-refractivity contribution in [2.24, 2.45) is 5.92 Å².